The highest BCUT2D eigenvalue weighted by molar-refractivity contribution is 8.01. The summed E-state index contributed by atoms with van der Waals surface area (Å²) in [7, 11) is 0. The maximum atomic E-state index is 6.35. The van der Waals surface area contributed by atoms with Gasteiger partial charge < -0.3 is 5.73 Å². The number of nitrogens with two attached hydrogens (primary N) is 1. The molecule has 1 aliphatic rings. The summed E-state index contributed by atoms with van der Waals surface area (Å²) in [5.41, 5.74) is 7.46. The van der Waals surface area contributed by atoms with Crippen LogP contribution < -0.4 is 5.73 Å². The molecule has 2 nitrogen and oxygen atoms in total. The van der Waals surface area contributed by atoms with Crippen molar-refractivity contribution in [1.29, 1.82) is 0 Å². The zero-order chi connectivity index (χ0) is 13.1. The molecule has 2 aromatic rings. The smallest absolute Gasteiger partial charge is 0.151 e. The highest BCUT2D eigenvalue weighted by Gasteiger charge is 2.20. The lowest BCUT2D eigenvalue weighted by Crippen LogP contribution is -2.33. The van der Waals surface area contributed by atoms with Gasteiger partial charge in [-0.05, 0) is 30.9 Å². The molecule has 1 atom stereocenters. The van der Waals surface area contributed by atoms with Gasteiger partial charge in [0.05, 0.1) is 10.2 Å². The number of rotatable bonds is 4. The van der Waals surface area contributed by atoms with E-state index in [1.165, 1.54) is 36.8 Å². The number of nitrogens with zero attached hydrogens (tertiary/aromatic N) is 1. The summed E-state index contributed by atoms with van der Waals surface area (Å²) in [5, 5.41) is 0. The predicted molar refractivity (Wildman–Crippen MR) is 84.9 cm³/mol. The van der Waals surface area contributed by atoms with E-state index in [2.05, 4.69) is 23.2 Å². The van der Waals surface area contributed by atoms with Crippen LogP contribution in [0.25, 0.3) is 10.2 Å². The fourth-order valence-corrected chi connectivity index (χ4v) is 4.95. The number of thiazole rings is 1. The second-order valence-electron chi connectivity index (χ2n) is 5.32. The van der Waals surface area contributed by atoms with E-state index >= 15 is 0 Å². The van der Waals surface area contributed by atoms with Crippen molar-refractivity contribution in [2.75, 3.05) is 5.75 Å². The van der Waals surface area contributed by atoms with E-state index in [1.54, 1.807) is 11.3 Å². The first-order valence-corrected chi connectivity index (χ1v) is 8.87. The molecule has 1 aromatic heterocycles. The third-order valence-electron chi connectivity index (χ3n) is 3.93. The Kier molecular flexibility index (Phi) is 4.41. The monoisotopic (exact) mass is 292 g/mol. The first-order chi connectivity index (χ1) is 9.33. The van der Waals surface area contributed by atoms with Crippen LogP contribution >= 0.6 is 23.1 Å². The van der Waals surface area contributed by atoms with Crippen molar-refractivity contribution in [3.05, 3.63) is 24.3 Å². The van der Waals surface area contributed by atoms with E-state index in [1.807, 2.05) is 17.8 Å². The molecule has 1 aliphatic carbocycles. The van der Waals surface area contributed by atoms with Gasteiger partial charge in [0.25, 0.3) is 0 Å². The van der Waals surface area contributed by atoms with Crippen molar-refractivity contribution < 1.29 is 0 Å². The predicted octanol–water partition coefficient (Wildman–Crippen LogP) is 4.30. The Morgan fingerprint density at radius 1 is 1.26 bits per heavy atom. The Hall–Kier alpha value is -0.580. The third kappa shape index (κ3) is 3.30. The fourth-order valence-electron chi connectivity index (χ4n) is 2.78. The molecule has 102 valence electrons. The number of aromatic nitrogens is 1. The normalized spacial score (nSPS) is 18.8. The Morgan fingerprint density at radius 2 is 2.05 bits per heavy atom. The van der Waals surface area contributed by atoms with Gasteiger partial charge in [-0.3, -0.25) is 0 Å². The number of hydrogen-bond acceptors (Lipinski definition) is 4. The maximum Gasteiger partial charge on any atom is 0.151 e. The van der Waals surface area contributed by atoms with Gasteiger partial charge in [-0.2, -0.15) is 0 Å². The molecule has 0 aliphatic heterocycles. The number of hydrogen-bond donors (Lipinski definition) is 1. The molecule has 2 N–H and O–H groups in total. The van der Waals surface area contributed by atoms with Crippen LogP contribution in [0, 0.1) is 5.92 Å². The Bertz CT molecular complexity index is 499. The van der Waals surface area contributed by atoms with Gasteiger partial charge in [-0.25, -0.2) is 4.98 Å². The zero-order valence-corrected chi connectivity index (χ0v) is 12.7. The lowest BCUT2D eigenvalue weighted by molar-refractivity contribution is 0.319. The number of thioether (sulfide) groups is 1. The van der Waals surface area contributed by atoms with Crippen LogP contribution in [0.15, 0.2) is 28.6 Å². The minimum Gasteiger partial charge on any atom is -0.327 e. The highest BCUT2D eigenvalue weighted by atomic mass is 32.2. The molecule has 4 heteroatoms. The van der Waals surface area contributed by atoms with Gasteiger partial charge in [-0.15, -0.1) is 11.3 Å². The molecule has 1 aromatic carbocycles. The zero-order valence-electron chi connectivity index (χ0n) is 11.0. The minimum atomic E-state index is 0.331. The van der Waals surface area contributed by atoms with Crippen molar-refractivity contribution in [2.24, 2.45) is 11.7 Å². The fraction of sp³-hybridized carbons (Fsp3) is 0.533. The lowest BCUT2D eigenvalue weighted by Gasteiger charge is -2.26. The molecule has 3 rings (SSSR count). The molecule has 0 bridgehead atoms. The van der Waals surface area contributed by atoms with E-state index in [0.717, 1.165) is 21.5 Å². The average molecular weight is 292 g/mol. The Morgan fingerprint density at radius 3 is 2.84 bits per heavy atom. The number of fused-ring (bicyclic) bond motifs is 1. The van der Waals surface area contributed by atoms with Crippen molar-refractivity contribution in [3.8, 4) is 0 Å². The topological polar surface area (TPSA) is 38.9 Å². The molecule has 1 saturated carbocycles. The summed E-state index contributed by atoms with van der Waals surface area (Å²) in [5.74, 6) is 1.74. The van der Waals surface area contributed by atoms with Crippen LogP contribution in [0.2, 0.25) is 0 Å². The average Bonchev–Trinajstić information content (AvgIpc) is 2.88. The maximum absolute atomic E-state index is 6.35. The summed E-state index contributed by atoms with van der Waals surface area (Å²) in [6, 6.07) is 8.67. The molecule has 1 heterocycles. The van der Waals surface area contributed by atoms with Crippen LogP contribution in [-0.2, 0) is 0 Å². The minimum absolute atomic E-state index is 0.331. The SMILES string of the molecule is NC(CSc1nc2ccccc2s1)C1CCCCC1. The van der Waals surface area contributed by atoms with Crippen LogP contribution in [0.3, 0.4) is 0 Å². The molecule has 0 spiro atoms. The van der Waals surface area contributed by atoms with Gasteiger partial charge in [0, 0.05) is 11.8 Å². The molecule has 0 amide bonds. The molecule has 0 saturated heterocycles. The number of benzene rings is 1. The van der Waals surface area contributed by atoms with E-state index in [4.69, 9.17) is 5.73 Å². The van der Waals surface area contributed by atoms with Gasteiger partial charge >= 0.3 is 0 Å². The van der Waals surface area contributed by atoms with Gasteiger partial charge in [-0.1, -0.05) is 43.2 Å². The van der Waals surface area contributed by atoms with Crippen LogP contribution in [-0.4, -0.2) is 16.8 Å². The number of para-hydroxylation sites is 1. The first kappa shape index (κ1) is 13.4. The van der Waals surface area contributed by atoms with Gasteiger partial charge in [0.1, 0.15) is 0 Å². The molecular formula is C15H20N2S2. The second-order valence-corrected chi connectivity index (χ2v) is 7.62. The Balaban J connectivity index is 1.58. The van der Waals surface area contributed by atoms with Crippen molar-refractivity contribution >= 4 is 33.3 Å². The van der Waals surface area contributed by atoms with Crippen LogP contribution in [0.4, 0.5) is 0 Å². The lowest BCUT2D eigenvalue weighted by atomic mass is 9.85. The van der Waals surface area contributed by atoms with Crippen molar-refractivity contribution in [3.63, 3.8) is 0 Å². The molecule has 19 heavy (non-hydrogen) atoms. The third-order valence-corrected chi connectivity index (χ3v) is 6.25. The molecular weight excluding hydrogens is 272 g/mol. The highest BCUT2D eigenvalue weighted by Crippen LogP contribution is 2.32. The van der Waals surface area contributed by atoms with E-state index in [0.29, 0.717) is 6.04 Å². The van der Waals surface area contributed by atoms with Crippen LogP contribution in [0.1, 0.15) is 32.1 Å². The Labute approximate surface area is 122 Å². The summed E-state index contributed by atoms with van der Waals surface area (Å²) in [6.07, 6.45) is 6.77. The van der Waals surface area contributed by atoms with Crippen molar-refractivity contribution in [2.45, 2.75) is 42.5 Å². The van der Waals surface area contributed by atoms with E-state index < -0.39 is 0 Å². The molecule has 1 unspecified atom stereocenters. The van der Waals surface area contributed by atoms with Gasteiger partial charge in [0.15, 0.2) is 4.34 Å². The summed E-state index contributed by atoms with van der Waals surface area (Å²) >= 11 is 3.61. The molecule has 0 radical (unpaired) electrons. The standard InChI is InChI=1S/C15H20N2S2/c16-12(11-6-2-1-3-7-11)10-18-15-17-13-8-4-5-9-14(13)19-15/h4-5,8-9,11-12H,1-3,6-7,10,16H2. The van der Waals surface area contributed by atoms with Crippen molar-refractivity contribution in [1.82, 2.24) is 4.98 Å². The van der Waals surface area contributed by atoms with E-state index in [9.17, 15) is 0 Å². The second kappa shape index (κ2) is 6.25. The molecule has 1 fully saturated rings. The summed E-state index contributed by atoms with van der Waals surface area (Å²) < 4.78 is 2.43. The summed E-state index contributed by atoms with van der Waals surface area (Å²) in [6.45, 7) is 0. The van der Waals surface area contributed by atoms with Crippen LogP contribution in [0.5, 0.6) is 0 Å². The summed E-state index contributed by atoms with van der Waals surface area (Å²) in [4.78, 5) is 4.66. The largest absolute Gasteiger partial charge is 0.327 e. The quantitative estimate of drug-likeness (QED) is 0.854. The first-order valence-electron chi connectivity index (χ1n) is 7.07. The van der Waals surface area contributed by atoms with E-state index in [-0.39, 0.29) is 0 Å². The van der Waals surface area contributed by atoms with Gasteiger partial charge in [0.2, 0.25) is 0 Å².